The summed E-state index contributed by atoms with van der Waals surface area (Å²) in [6.45, 7) is 9.95. The predicted molar refractivity (Wildman–Crippen MR) is 63.7 cm³/mol. The minimum atomic E-state index is 0.263. The Bertz CT molecular complexity index is 350. The minimum absolute atomic E-state index is 0.263. The molecule has 1 saturated heterocycles. The van der Waals surface area contributed by atoms with Crippen molar-refractivity contribution < 1.29 is 4.74 Å². The Balaban J connectivity index is 2.22. The zero-order valence-electron chi connectivity index (χ0n) is 10.4. The number of anilines is 1. The van der Waals surface area contributed by atoms with Crippen LogP contribution in [-0.2, 0) is 4.74 Å². The highest BCUT2D eigenvalue weighted by atomic mass is 16.5. The molecule has 16 heavy (non-hydrogen) atoms. The maximum absolute atomic E-state index is 5.71. The van der Waals surface area contributed by atoms with Crippen molar-refractivity contribution in [3.05, 3.63) is 17.6 Å². The van der Waals surface area contributed by atoms with Gasteiger partial charge in [-0.15, -0.1) is 0 Å². The normalized spacial score (nSPS) is 25.9. The van der Waals surface area contributed by atoms with Crippen LogP contribution in [0.4, 0.5) is 5.82 Å². The van der Waals surface area contributed by atoms with Crippen LogP contribution in [0.2, 0.25) is 0 Å². The lowest BCUT2D eigenvalue weighted by molar-refractivity contribution is -0.00548. The standard InChI is InChI=1S/C12H19N3O/c1-8-5-12(14-11(4)13-8)15-6-9(2)16-10(3)7-15/h5,9-10H,6-7H2,1-4H3. The number of hydrogen-bond donors (Lipinski definition) is 0. The Kier molecular flexibility index (Phi) is 3.10. The van der Waals surface area contributed by atoms with E-state index in [4.69, 9.17) is 4.74 Å². The molecule has 0 spiro atoms. The summed E-state index contributed by atoms with van der Waals surface area (Å²) in [5, 5.41) is 0. The molecule has 1 aromatic heterocycles. The van der Waals surface area contributed by atoms with Crippen LogP contribution in [-0.4, -0.2) is 35.3 Å². The Morgan fingerprint density at radius 1 is 1.19 bits per heavy atom. The zero-order valence-corrected chi connectivity index (χ0v) is 10.4. The molecule has 0 radical (unpaired) electrons. The van der Waals surface area contributed by atoms with E-state index in [0.717, 1.165) is 30.4 Å². The first-order chi connectivity index (χ1) is 7.54. The maximum Gasteiger partial charge on any atom is 0.132 e. The molecule has 4 heteroatoms. The molecule has 0 amide bonds. The van der Waals surface area contributed by atoms with Gasteiger partial charge in [0.25, 0.3) is 0 Å². The molecule has 2 heterocycles. The summed E-state index contributed by atoms with van der Waals surface area (Å²) in [4.78, 5) is 11.1. The van der Waals surface area contributed by atoms with Gasteiger partial charge in [0.05, 0.1) is 12.2 Å². The number of nitrogens with zero attached hydrogens (tertiary/aromatic N) is 3. The first-order valence-corrected chi connectivity index (χ1v) is 5.77. The molecule has 0 bridgehead atoms. The number of ether oxygens (including phenoxy) is 1. The van der Waals surface area contributed by atoms with E-state index in [9.17, 15) is 0 Å². The van der Waals surface area contributed by atoms with Gasteiger partial charge in [-0.25, -0.2) is 9.97 Å². The fourth-order valence-corrected chi connectivity index (χ4v) is 2.22. The number of rotatable bonds is 1. The molecule has 0 aliphatic carbocycles. The molecule has 0 saturated carbocycles. The second kappa shape index (κ2) is 4.37. The maximum atomic E-state index is 5.71. The van der Waals surface area contributed by atoms with Crippen LogP contribution < -0.4 is 4.90 Å². The molecule has 2 atom stereocenters. The Labute approximate surface area is 96.7 Å². The molecule has 0 aromatic carbocycles. The quantitative estimate of drug-likeness (QED) is 0.723. The lowest BCUT2D eigenvalue weighted by atomic mass is 10.2. The fourth-order valence-electron chi connectivity index (χ4n) is 2.22. The van der Waals surface area contributed by atoms with E-state index < -0.39 is 0 Å². The summed E-state index contributed by atoms with van der Waals surface area (Å²) in [6.07, 6.45) is 0.527. The molecule has 1 aliphatic rings. The van der Waals surface area contributed by atoms with Crippen LogP contribution in [0.25, 0.3) is 0 Å². The van der Waals surface area contributed by atoms with Crippen LogP contribution in [0, 0.1) is 13.8 Å². The first-order valence-electron chi connectivity index (χ1n) is 5.77. The molecule has 4 nitrogen and oxygen atoms in total. The van der Waals surface area contributed by atoms with E-state index in [1.165, 1.54) is 0 Å². The SMILES string of the molecule is Cc1cc(N2CC(C)OC(C)C2)nc(C)n1. The van der Waals surface area contributed by atoms with Gasteiger partial charge in [-0.1, -0.05) is 0 Å². The van der Waals surface area contributed by atoms with Gasteiger partial charge in [0.2, 0.25) is 0 Å². The van der Waals surface area contributed by atoms with Crippen molar-refractivity contribution in [2.24, 2.45) is 0 Å². The molecule has 1 aliphatic heterocycles. The number of aryl methyl sites for hydroxylation is 2. The van der Waals surface area contributed by atoms with Crippen LogP contribution in [0.1, 0.15) is 25.4 Å². The van der Waals surface area contributed by atoms with Gasteiger partial charge in [-0.05, 0) is 27.7 Å². The Morgan fingerprint density at radius 2 is 1.81 bits per heavy atom. The zero-order chi connectivity index (χ0) is 11.7. The van der Waals surface area contributed by atoms with E-state index >= 15 is 0 Å². The second-order valence-electron chi connectivity index (χ2n) is 4.58. The Morgan fingerprint density at radius 3 is 2.38 bits per heavy atom. The van der Waals surface area contributed by atoms with Crippen molar-refractivity contribution >= 4 is 5.82 Å². The van der Waals surface area contributed by atoms with E-state index in [2.05, 4.69) is 28.7 Å². The van der Waals surface area contributed by atoms with Crippen molar-refractivity contribution in [2.45, 2.75) is 39.9 Å². The predicted octanol–water partition coefficient (Wildman–Crippen LogP) is 1.71. The topological polar surface area (TPSA) is 38.2 Å². The van der Waals surface area contributed by atoms with Crippen molar-refractivity contribution in [3.8, 4) is 0 Å². The first kappa shape index (κ1) is 11.3. The highest BCUT2D eigenvalue weighted by Gasteiger charge is 2.23. The highest BCUT2D eigenvalue weighted by Crippen LogP contribution is 2.18. The summed E-state index contributed by atoms with van der Waals surface area (Å²) in [7, 11) is 0. The average molecular weight is 221 g/mol. The minimum Gasteiger partial charge on any atom is -0.372 e. The van der Waals surface area contributed by atoms with E-state index in [1.54, 1.807) is 0 Å². The van der Waals surface area contributed by atoms with Gasteiger partial charge in [-0.3, -0.25) is 0 Å². The molecular weight excluding hydrogens is 202 g/mol. The molecule has 1 aromatic rings. The molecular formula is C12H19N3O. The van der Waals surface area contributed by atoms with Gasteiger partial charge in [-0.2, -0.15) is 0 Å². The van der Waals surface area contributed by atoms with Crippen LogP contribution in [0.3, 0.4) is 0 Å². The lowest BCUT2D eigenvalue weighted by Gasteiger charge is -2.36. The van der Waals surface area contributed by atoms with Crippen molar-refractivity contribution in [1.82, 2.24) is 9.97 Å². The molecule has 0 N–H and O–H groups in total. The number of hydrogen-bond acceptors (Lipinski definition) is 4. The van der Waals surface area contributed by atoms with Crippen molar-refractivity contribution in [2.75, 3.05) is 18.0 Å². The summed E-state index contributed by atoms with van der Waals surface area (Å²) in [5.74, 6) is 1.86. The highest BCUT2D eigenvalue weighted by molar-refractivity contribution is 5.40. The summed E-state index contributed by atoms with van der Waals surface area (Å²) in [5.41, 5.74) is 1.02. The fraction of sp³-hybridized carbons (Fsp3) is 0.667. The van der Waals surface area contributed by atoms with Crippen LogP contribution in [0.15, 0.2) is 6.07 Å². The van der Waals surface area contributed by atoms with Gasteiger partial charge in [0.15, 0.2) is 0 Å². The van der Waals surface area contributed by atoms with E-state index in [1.807, 2.05) is 19.9 Å². The van der Waals surface area contributed by atoms with Crippen LogP contribution in [0.5, 0.6) is 0 Å². The second-order valence-corrected chi connectivity index (χ2v) is 4.58. The third-order valence-corrected chi connectivity index (χ3v) is 2.70. The molecule has 2 unspecified atom stereocenters. The summed E-state index contributed by atoms with van der Waals surface area (Å²) < 4.78 is 5.71. The van der Waals surface area contributed by atoms with Crippen LogP contribution >= 0.6 is 0 Å². The summed E-state index contributed by atoms with van der Waals surface area (Å²) in [6, 6.07) is 2.04. The van der Waals surface area contributed by atoms with Crippen molar-refractivity contribution in [1.29, 1.82) is 0 Å². The van der Waals surface area contributed by atoms with Gasteiger partial charge >= 0.3 is 0 Å². The van der Waals surface area contributed by atoms with Gasteiger partial charge < -0.3 is 9.64 Å². The van der Waals surface area contributed by atoms with E-state index in [0.29, 0.717) is 0 Å². The number of morpholine rings is 1. The monoisotopic (exact) mass is 221 g/mol. The largest absolute Gasteiger partial charge is 0.372 e. The van der Waals surface area contributed by atoms with Crippen molar-refractivity contribution in [3.63, 3.8) is 0 Å². The smallest absolute Gasteiger partial charge is 0.132 e. The van der Waals surface area contributed by atoms with E-state index in [-0.39, 0.29) is 12.2 Å². The van der Waals surface area contributed by atoms with Gasteiger partial charge in [0, 0.05) is 24.8 Å². The summed E-state index contributed by atoms with van der Waals surface area (Å²) >= 11 is 0. The Hall–Kier alpha value is -1.16. The molecule has 1 fully saturated rings. The third-order valence-electron chi connectivity index (χ3n) is 2.70. The third kappa shape index (κ3) is 2.50. The van der Waals surface area contributed by atoms with Gasteiger partial charge in [0.1, 0.15) is 11.6 Å². The average Bonchev–Trinajstić information content (AvgIpc) is 2.14. The molecule has 2 rings (SSSR count). The molecule has 88 valence electrons. The number of aromatic nitrogens is 2. The lowest BCUT2D eigenvalue weighted by Crippen LogP contribution is -2.46.